The molecular formula is C25H30N4OS. The van der Waals surface area contributed by atoms with Gasteiger partial charge in [-0.15, -0.1) is 11.3 Å². The van der Waals surface area contributed by atoms with Crippen molar-refractivity contribution in [2.75, 3.05) is 36.4 Å². The summed E-state index contributed by atoms with van der Waals surface area (Å²) in [6.45, 7) is 3.62. The van der Waals surface area contributed by atoms with E-state index >= 15 is 0 Å². The minimum absolute atomic E-state index is 0.0514. The second kappa shape index (κ2) is 9.37. The number of benzene rings is 2. The summed E-state index contributed by atoms with van der Waals surface area (Å²) in [7, 11) is 0. The number of carbonyl (C=O) groups excluding carboxylic acids is 1. The summed E-state index contributed by atoms with van der Waals surface area (Å²) in [6, 6.07) is 16.9. The fourth-order valence-corrected chi connectivity index (χ4v) is 5.93. The Balaban J connectivity index is 1.20. The van der Waals surface area contributed by atoms with E-state index in [1.54, 1.807) is 11.3 Å². The average molecular weight is 435 g/mol. The van der Waals surface area contributed by atoms with Crippen LogP contribution in [0.1, 0.15) is 49.6 Å². The number of hydrogen-bond donors (Lipinski definition) is 1. The van der Waals surface area contributed by atoms with Gasteiger partial charge in [0.15, 0.2) is 0 Å². The van der Waals surface area contributed by atoms with Crippen molar-refractivity contribution in [3.05, 3.63) is 53.5 Å². The number of para-hydroxylation sites is 1. The highest BCUT2D eigenvalue weighted by atomic mass is 32.1. The molecule has 3 heterocycles. The van der Waals surface area contributed by atoms with E-state index in [4.69, 9.17) is 4.98 Å². The largest absolute Gasteiger partial charge is 0.372 e. The molecule has 2 saturated heterocycles. The first-order valence-corrected chi connectivity index (χ1v) is 12.3. The number of thiazole rings is 1. The lowest BCUT2D eigenvalue weighted by Crippen LogP contribution is -2.32. The van der Waals surface area contributed by atoms with Crippen molar-refractivity contribution in [3.8, 4) is 0 Å². The van der Waals surface area contributed by atoms with Crippen LogP contribution in [0.5, 0.6) is 0 Å². The summed E-state index contributed by atoms with van der Waals surface area (Å²) in [5.74, 6) is 0.0514. The smallest absolute Gasteiger partial charge is 0.238 e. The molecule has 5 rings (SSSR count). The van der Waals surface area contributed by atoms with Crippen LogP contribution in [0.4, 0.5) is 11.4 Å². The molecule has 31 heavy (non-hydrogen) atoms. The number of nitrogens with zero attached hydrogens (tertiary/aromatic N) is 3. The number of anilines is 2. The van der Waals surface area contributed by atoms with Crippen LogP contribution in [0.2, 0.25) is 0 Å². The number of fused-ring (bicyclic) bond motifs is 1. The van der Waals surface area contributed by atoms with Gasteiger partial charge in [0.2, 0.25) is 5.91 Å². The molecular weight excluding hydrogens is 404 g/mol. The molecule has 2 aliphatic heterocycles. The Labute approximate surface area is 188 Å². The van der Waals surface area contributed by atoms with Crippen molar-refractivity contribution in [1.29, 1.82) is 0 Å². The minimum Gasteiger partial charge on any atom is -0.372 e. The number of amides is 1. The van der Waals surface area contributed by atoms with Gasteiger partial charge in [-0.2, -0.15) is 0 Å². The van der Waals surface area contributed by atoms with Crippen molar-refractivity contribution < 1.29 is 4.79 Å². The first-order valence-electron chi connectivity index (χ1n) is 11.5. The van der Waals surface area contributed by atoms with Gasteiger partial charge in [0.25, 0.3) is 0 Å². The standard InChI is InChI=1S/C25H30N4OS/c30-24(26-19-11-13-20(14-12-19)28-15-5-1-2-6-16-28)18-29-17-7-9-22(29)25-27-21-8-3-4-10-23(21)31-25/h3-4,8,10-14,22H,1-2,5-7,9,15-18H2,(H,26,30)/t22-/m0/s1. The molecule has 2 aromatic carbocycles. The van der Waals surface area contributed by atoms with E-state index in [0.29, 0.717) is 6.54 Å². The highest BCUT2D eigenvalue weighted by Crippen LogP contribution is 2.36. The van der Waals surface area contributed by atoms with E-state index in [2.05, 4.69) is 45.4 Å². The van der Waals surface area contributed by atoms with E-state index in [-0.39, 0.29) is 11.9 Å². The predicted molar refractivity (Wildman–Crippen MR) is 129 cm³/mol. The van der Waals surface area contributed by atoms with Gasteiger partial charge in [-0.25, -0.2) is 4.98 Å². The lowest BCUT2D eigenvalue weighted by molar-refractivity contribution is -0.117. The lowest BCUT2D eigenvalue weighted by Gasteiger charge is -2.23. The summed E-state index contributed by atoms with van der Waals surface area (Å²) in [4.78, 5) is 22.3. The average Bonchev–Trinajstić information content (AvgIpc) is 3.32. The maximum atomic E-state index is 12.8. The van der Waals surface area contributed by atoms with Crippen LogP contribution >= 0.6 is 11.3 Å². The van der Waals surface area contributed by atoms with E-state index in [1.807, 2.05) is 18.2 Å². The van der Waals surface area contributed by atoms with E-state index in [1.165, 1.54) is 36.1 Å². The van der Waals surface area contributed by atoms with E-state index in [0.717, 1.165) is 48.7 Å². The number of hydrogen-bond acceptors (Lipinski definition) is 5. The molecule has 5 nitrogen and oxygen atoms in total. The SMILES string of the molecule is O=C(CN1CCC[C@H]1c1nc2ccccc2s1)Nc1ccc(N2CCCCCC2)cc1. The molecule has 3 aromatic rings. The molecule has 1 atom stereocenters. The Morgan fingerprint density at radius 1 is 0.968 bits per heavy atom. The van der Waals surface area contributed by atoms with Gasteiger partial charge in [-0.05, 0) is 68.6 Å². The number of carbonyl (C=O) groups is 1. The Bertz CT molecular complexity index is 990. The number of nitrogens with one attached hydrogen (secondary N) is 1. The summed E-state index contributed by atoms with van der Waals surface area (Å²) in [6.07, 6.45) is 7.38. The summed E-state index contributed by atoms with van der Waals surface area (Å²) >= 11 is 1.76. The molecule has 0 saturated carbocycles. The molecule has 1 aromatic heterocycles. The fourth-order valence-electron chi connectivity index (χ4n) is 4.80. The van der Waals surface area contributed by atoms with E-state index in [9.17, 15) is 4.79 Å². The Hall–Kier alpha value is -2.44. The van der Waals surface area contributed by atoms with Gasteiger partial charge in [0.05, 0.1) is 22.8 Å². The molecule has 6 heteroatoms. The molecule has 0 spiro atoms. The number of rotatable bonds is 5. The van der Waals surface area contributed by atoms with Crippen LogP contribution in [0.3, 0.4) is 0 Å². The Morgan fingerprint density at radius 2 is 1.74 bits per heavy atom. The van der Waals surface area contributed by atoms with Gasteiger partial charge in [-0.1, -0.05) is 25.0 Å². The maximum Gasteiger partial charge on any atom is 0.238 e. The summed E-state index contributed by atoms with van der Waals surface area (Å²) < 4.78 is 1.22. The van der Waals surface area contributed by atoms with Gasteiger partial charge in [0, 0.05) is 24.5 Å². The molecule has 1 N–H and O–H groups in total. The molecule has 1 amide bonds. The zero-order valence-corrected chi connectivity index (χ0v) is 18.7. The second-order valence-corrected chi connectivity index (χ2v) is 9.71. The van der Waals surface area contributed by atoms with Crippen molar-refractivity contribution in [3.63, 3.8) is 0 Å². The molecule has 0 bridgehead atoms. The van der Waals surface area contributed by atoms with Crippen molar-refractivity contribution >= 4 is 38.8 Å². The van der Waals surface area contributed by atoms with Gasteiger partial charge in [0.1, 0.15) is 5.01 Å². The fraction of sp³-hybridized carbons (Fsp3) is 0.440. The van der Waals surface area contributed by atoms with Crippen LogP contribution in [0.25, 0.3) is 10.2 Å². The first kappa shape index (κ1) is 20.5. The van der Waals surface area contributed by atoms with Crippen LogP contribution < -0.4 is 10.2 Å². The summed E-state index contributed by atoms with van der Waals surface area (Å²) in [5, 5.41) is 4.23. The third kappa shape index (κ3) is 4.75. The monoisotopic (exact) mass is 434 g/mol. The first-order chi connectivity index (χ1) is 15.3. The summed E-state index contributed by atoms with van der Waals surface area (Å²) in [5.41, 5.74) is 3.19. The van der Waals surface area contributed by atoms with Crippen molar-refractivity contribution in [2.45, 2.75) is 44.6 Å². The van der Waals surface area contributed by atoms with Gasteiger partial charge >= 0.3 is 0 Å². The second-order valence-electron chi connectivity index (χ2n) is 8.64. The third-order valence-corrected chi connectivity index (χ3v) is 7.57. The Kier molecular flexibility index (Phi) is 6.18. The molecule has 0 unspecified atom stereocenters. The third-order valence-electron chi connectivity index (χ3n) is 6.43. The highest BCUT2D eigenvalue weighted by molar-refractivity contribution is 7.18. The van der Waals surface area contributed by atoms with Gasteiger partial charge in [-0.3, -0.25) is 9.69 Å². The predicted octanol–water partition coefficient (Wildman–Crippen LogP) is 5.45. The molecule has 2 aliphatic rings. The van der Waals surface area contributed by atoms with Crippen LogP contribution in [-0.2, 0) is 4.79 Å². The lowest BCUT2D eigenvalue weighted by atomic mass is 10.2. The van der Waals surface area contributed by atoms with Gasteiger partial charge < -0.3 is 10.2 Å². The van der Waals surface area contributed by atoms with Crippen molar-refractivity contribution in [2.24, 2.45) is 0 Å². The normalized spacial score (nSPS) is 20.1. The minimum atomic E-state index is 0.0514. The zero-order chi connectivity index (χ0) is 21.0. The molecule has 162 valence electrons. The molecule has 0 radical (unpaired) electrons. The zero-order valence-electron chi connectivity index (χ0n) is 17.9. The molecule has 0 aliphatic carbocycles. The maximum absolute atomic E-state index is 12.8. The van der Waals surface area contributed by atoms with E-state index < -0.39 is 0 Å². The van der Waals surface area contributed by atoms with Crippen molar-refractivity contribution in [1.82, 2.24) is 9.88 Å². The highest BCUT2D eigenvalue weighted by Gasteiger charge is 2.30. The Morgan fingerprint density at radius 3 is 2.52 bits per heavy atom. The molecule has 2 fully saturated rings. The number of aromatic nitrogens is 1. The van der Waals surface area contributed by atoms with Crippen LogP contribution in [0.15, 0.2) is 48.5 Å². The quantitative estimate of drug-likeness (QED) is 0.580. The number of likely N-dealkylation sites (tertiary alicyclic amines) is 1. The van der Waals surface area contributed by atoms with Crippen LogP contribution in [0, 0.1) is 0 Å². The topological polar surface area (TPSA) is 48.5 Å². The van der Waals surface area contributed by atoms with Crippen LogP contribution in [-0.4, -0.2) is 42.0 Å².